The molecule has 1 atom stereocenters. The molecule has 0 spiro atoms. The van der Waals surface area contributed by atoms with Crippen LogP contribution < -0.4 is 5.32 Å². The predicted octanol–water partition coefficient (Wildman–Crippen LogP) is 4.88. The van der Waals surface area contributed by atoms with E-state index in [1.807, 2.05) is 19.1 Å². The van der Waals surface area contributed by atoms with E-state index in [2.05, 4.69) is 43.4 Å². The average molecular weight is 271 g/mol. The van der Waals surface area contributed by atoms with E-state index >= 15 is 0 Å². The van der Waals surface area contributed by atoms with E-state index in [0.717, 1.165) is 18.4 Å². The molecular weight excluding hydrogens is 249 g/mol. The second-order valence-corrected chi connectivity index (χ2v) is 5.56. The molecule has 106 valence electrons. The van der Waals surface area contributed by atoms with Gasteiger partial charge in [-0.25, -0.2) is 4.39 Å². The average Bonchev–Trinajstić information content (AvgIpc) is 2.40. The fourth-order valence-corrected chi connectivity index (χ4v) is 2.33. The summed E-state index contributed by atoms with van der Waals surface area (Å²) in [7, 11) is 0. The van der Waals surface area contributed by atoms with E-state index in [-0.39, 0.29) is 11.9 Å². The lowest BCUT2D eigenvalue weighted by molar-refractivity contribution is 0.621. The maximum absolute atomic E-state index is 13.8. The van der Waals surface area contributed by atoms with Crippen LogP contribution in [0.2, 0.25) is 0 Å². The molecule has 2 heteroatoms. The molecular formula is C18H22FN. The molecule has 0 aliphatic carbocycles. The Morgan fingerprint density at radius 1 is 1.05 bits per heavy atom. The Hall–Kier alpha value is -1.83. The number of rotatable bonds is 5. The van der Waals surface area contributed by atoms with Crippen LogP contribution >= 0.6 is 0 Å². The van der Waals surface area contributed by atoms with Crippen molar-refractivity contribution in [1.29, 1.82) is 0 Å². The summed E-state index contributed by atoms with van der Waals surface area (Å²) in [5.74, 6) is -0.174. The van der Waals surface area contributed by atoms with Crippen molar-refractivity contribution < 1.29 is 4.39 Å². The molecule has 1 N–H and O–H groups in total. The van der Waals surface area contributed by atoms with E-state index < -0.39 is 0 Å². The van der Waals surface area contributed by atoms with Gasteiger partial charge in [0, 0.05) is 6.04 Å². The van der Waals surface area contributed by atoms with Gasteiger partial charge in [-0.05, 0) is 56.9 Å². The van der Waals surface area contributed by atoms with Crippen molar-refractivity contribution in [3.63, 3.8) is 0 Å². The number of nitrogens with one attached hydrogen (secondary N) is 1. The van der Waals surface area contributed by atoms with Gasteiger partial charge < -0.3 is 5.32 Å². The minimum atomic E-state index is -0.174. The second-order valence-electron chi connectivity index (χ2n) is 5.56. The molecule has 1 unspecified atom stereocenters. The molecule has 2 aromatic carbocycles. The number of aryl methyl sites for hydroxylation is 3. The first kappa shape index (κ1) is 14.6. The van der Waals surface area contributed by atoms with Crippen LogP contribution in [0, 0.1) is 19.7 Å². The van der Waals surface area contributed by atoms with Crippen LogP contribution in [0.3, 0.4) is 0 Å². The monoisotopic (exact) mass is 271 g/mol. The van der Waals surface area contributed by atoms with Gasteiger partial charge in [-0.15, -0.1) is 0 Å². The van der Waals surface area contributed by atoms with Crippen molar-refractivity contribution in [3.8, 4) is 0 Å². The minimum absolute atomic E-state index is 0.174. The van der Waals surface area contributed by atoms with Crippen molar-refractivity contribution >= 4 is 5.69 Å². The summed E-state index contributed by atoms with van der Waals surface area (Å²) in [6.45, 7) is 6.09. The number of hydrogen-bond donors (Lipinski definition) is 1. The summed E-state index contributed by atoms with van der Waals surface area (Å²) >= 11 is 0. The molecule has 0 saturated heterocycles. The zero-order valence-corrected chi connectivity index (χ0v) is 12.4. The van der Waals surface area contributed by atoms with E-state index in [9.17, 15) is 4.39 Å². The molecule has 0 aliphatic heterocycles. The van der Waals surface area contributed by atoms with Crippen LogP contribution in [-0.2, 0) is 6.42 Å². The van der Waals surface area contributed by atoms with Crippen molar-refractivity contribution in [3.05, 3.63) is 65.0 Å². The van der Waals surface area contributed by atoms with E-state index in [4.69, 9.17) is 0 Å². The van der Waals surface area contributed by atoms with Gasteiger partial charge in [-0.2, -0.15) is 0 Å². The highest BCUT2D eigenvalue weighted by atomic mass is 19.1. The largest absolute Gasteiger partial charge is 0.380 e. The highest BCUT2D eigenvalue weighted by Crippen LogP contribution is 2.17. The van der Waals surface area contributed by atoms with E-state index in [1.165, 1.54) is 11.1 Å². The highest BCUT2D eigenvalue weighted by Gasteiger charge is 2.07. The van der Waals surface area contributed by atoms with Gasteiger partial charge in [-0.1, -0.05) is 35.9 Å². The fraction of sp³-hybridized carbons (Fsp3) is 0.333. The van der Waals surface area contributed by atoms with Gasteiger partial charge in [-0.3, -0.25) is 0 Å². The first-order chi connectivity index (χ1) is 9.54. The van der Waals surface area contributed by atoms with Crippen molar-refractivity contribution in [1.82, 2.24) is 0 Å². The van der Waals surface area contributed by atoms with Crippen LogP contribution in [0.4, 0.5) is 10.1 Å². The highest BCUT2D eigenvalue weighted by molar-refractivity contribution is 5.46. The number of benzene rings is 2. The quantitative estimate of drug-likeness (QED) is 0.817. The predicted molar refractivity (Wildman–Crippen MR) is 83.7 cm³/mol. The number of halogens is 1. The van der Waals surface area contributed by atoms with Crippen LogP contribution in [-0.4, -0.2) is 6.04 Å². The van der Waals surface area contributed by atoms with Gasteiger partial charge in [0.1, 0.15) is 5.82 Å². The molecule has 0 radical (unpaired) electrons. The van der Waals surface area contributed by atoms with Crippen molar-refractivity contribution in [2.75, 3.05) is 5.32 Å². The third-order valence-electron chi connectivity index (χ3n) is 3.47. The Bertz CT molecular complexity index is 577. The molecule has 0 saturated carbocycles. The summed E-state index contributed by atoms with van der Waals surface area (Å²) in [4.78, 5) is 0. The van der Waals surface area contributed by atoms with E-state index in [0.29, 0.717) is 5.69 Å². The van der Waals surface area contributed by atoms with Crippen LogP contribution in [0.5, 0.6) is 0 Å². The van der Waals surface area contributed by atoms with Gasteiger partial charge in [0.05, 0.1) is 5.69 Å². The Morgan fingerprint density at radius 3 is 2.50 bits per heavy atom. The van der Waals surface area contributed by atoms with Gasteiger partial charge in [0.25, 0.3) is 0 Å². The molecule has 2 rings (SSSR count). The standard InChI is InChI=1S/C18H22FN/c1-13-5-4-6-16(11-13)9-8-15(3)20-18-10-7-14(2)12-17(18)19/h4-7,10-12,15,20H,8-9H2,1-3H3. The first-order valence-corrected chi connectivity index (χ1v) is 7.13. The molecule has 0 heterocycles. The maximum atomic E-state index is 13.8. The summed E-state index contributed by atoms with van der Waals surface area (Å²) in [5.41, 5.74) is 4.16. The maximum Gasteiger partial charge on any atom is 0.146 e. The first-order valence-electron chi connectivity index (χ1n) is 7.13. The zero-order chi connectivity index (χ0) is 14.5. The fourth-order valence-electron chi connectivity index (χ4n) is 2.33. The number of anilines is 1. The topological polar surface area (TPSA) is 12.0 Å². The summed E-state index contributed by atoms with van der Waals surface area (Å²) in [5, 5.41) is 3.25. The summed E-state index contributed by atoms with van der Waals surface area (Å²) < 4.78 is 13.8. The normalized spacial score (nSPS) is 12.2. The van der Waals surface area contributed by atoms with Gasteiger partial charge in [0.2, 0.25) is 0 Å². The summed E-state index contributed by atoms with van der Waals surface area (Å²) in [6, 6.07) is 14.1. The molecule has 2 aromatic rings. The molecule has 0 bridgehead atoms. The summed E-state index contributed by atoms with van der Waals surface area (Å²) in [6.07, 6.45) is 1.99. The third-order valence-corrected chi connectivity index (χ3v) is 3.47. The van der Waals surface area contributed by atoms with Gasteiger partial charge in [0.15, 0.2) is 0 Å². The molecule has 20 heavy (non-hydrogen) atoms. The molecule has 0 fully saturated rings. The lowest BCUT2D eigenvalue weighted by atomic mass is 10.0. The SMILES string of the molecule is Cc1cccc(CCC(C)Nc2ccc(C)cc2F)c1. The van der Waals surface area contributed by atoms with Crippen molar-refractivity contribution in [2.45, 2.75) is 39.7 Å². The Balaban J connectivity index is 1.90. The lowest BCUT2D eigenvalue weighted by Crippen LogP contribution is -2.17. The van der Waals surface area contributed by atoms with E-state index in [1.54, 1.807) is 6.07 Å². The third kappa shape index (κ3) is 4.09. The molecule has 0 aliphatic rings. The second kappa shape index (κ2) is 6.56. The smallest absolute Gasteiger partial charge is 0.146 e. The lowest BCUT2D eigenvalue weighted by Gasteiger charge is -2.16. The van der Waals surface area contributed by atoms with Crippen LogP contribution in [0.25, 0.3) is 0 Å². The molecule has 1 nitrogen and oxygen atoms in total. The van der Waals surface area contributed by atoms with Gasteiger partial charge >= 0.3 is 0 Å². The molecule has 0 aromatic heterocycles. The van der Waals surface area contributed by atoms with Crippen LogP contribution in [0.15, 0.2) is 42.5 Å². The Labute approximate surface area is 120 Å². The zero-order valence-electron chi connectivity index (χ0n) is 12.4. The van der Waals surface area contributed by atoms with Crippen LogP contribution in [0.1, 0.15) is 30.0 Å². The minimum Gasteiger partial charge on any atom is -0.380 e. The van der Waals surface area contributed by atoms with Crippen molar-refractivity contribution in [2.24, 2.45) is 0 Å². The Morgan fingerprint density at radius 2 is 1.80 bits per heavy atom. The number of hydrogen-bond acceptors (Lipinski definition) is 1. The molecule has 0 amide bonds. The Kier molecular flexibility index (Phi) is 4.78.